The SMILES string of the molecule is Cn1cnc(C(=O)N2CCC(O)(c3ccccc3)[C@@H]3CCCC[C@@H]32)c1. The second-order valence-electron chi connectivity index (χ2n) is 7.42. The van der Waals surface area contributed by atoms with Crippen LogP contribution in [0.4, 0.5) is 0 Å². The summed E-state index contributed by atoms with van der Waals surface area (Å²) in [5, 5.41) is 11.6. The number of aromatic nitrogens is 2. The molecule has 1 N–H and O–H groups in total. The highest BCUT2D eigenvalue weighted by Gasteiger charge is 2.50. The van der Waals surface area contributed by atoms with Crippen LogP contribution >= 0.6 is 0 Å². The lowest BCUT2D eigenvalue weighted by molar-refractivity contribution is -0.110. The molecular formula is C20H25N3O2. The van der Waals surface area contributed by atoms with E-state index in [0.717, 1.165) is 31.2 Å². The van der Waals surface area contributed by atoms with Crippen molar-refractivity contribution < 1.29 is 9.90 Å². The molecule has 3 atom stereocenters. The van der Waals surface area contributed by atoms with Crippen LogP contribution in [0.5, 0.6) is 0 Å². The van der Waals surface area contributed by atoms with Crippen molar-refractivity contribution in [3.63, 3.8) is 0 Å². The van der Waals surface area contributed by atoms with Crippen LogP contribution in [-0.4, -0.2) is 38.1 Å². The quantitative estimate of drug-likeness (QED) is 0.915. The summed E-state index contributed by atoms with van der Waals surface area (Å²) in [6.45, 7) is 0.571. The van der Waals surface area contributed by atoms with Gasteiger partial charge in [0.1, 0.15) is 5.69 Å². The topological polar surface area (TPSA) is 58.4 Å². The van der Waals surface area contributed by atoms with Gasteiger partial charge in [-0.2, -0.15) is 0 Å². The number of aryl methyl sites for hydroxylation is 1. The maximum atomic E-state index is 13.0. The van der Waals surface area contributed by atoms with E-state index in [2.05, 4.69) is 4.98 Å². The van der Waals surface area contributed by atoms with Crippen LogP contribution < -0.4 is 0 Å². The summed E-state index contributed by atoms with van der Waals surface area (Å²) < 4.78 is 1.80. The van der Waals surface area contributed by atoms with Gasteiger partial charge in [0.2, 0.25) is 0 Å². The number of carbonyl (C=O) groups is 1. The summed E-state index contributed by atoms with van der Waals surface area (Å²) in [4.78, 5) is 19.2. The van der Waals surface area contributed by atoms with Crippen LogP contribution in [0.25, 0.3) is 0 Å². The first-order chi connectivity index (χ1) is 12.1. The molecule has 0 bridgehead atoms. The summed E-state index contributed by atoms with van der Waals surface area (Å²) in [5.74, 6) is 0.0812. The number of fused-ring (bicyclic) bond motifs is 1. The molecule has 4 rings (SSSR count). The van der Waals surface area contributed by atoms with E-state index >= 15 is 0 Å². The van der Waals surface area contributed by atoms with Crippen LogP contribution in [0.2, 0.25) is 0 Å². The van der Waals surface area contributed by atoms with Crippen molar-refractivity contribution in [3.8, 4) is 0 Å². The van der Waals surface area contributed by atoms with Crippen molar-refractivity contribution in [2.75, 3.05) is 6.54 Å². The van der Waals surface area contributed by atoms with Gasteiger partial charge in [-0.3, -0.25) is 4.79 Å². The minimum atomic E-state index is -0.840. The first-order valence-corrected chi connectivity index (χ1v) is 9.16. The van der Waals surface area contributed by atoms with Crippen molar-refractivity contribution in [3.05, 3.63) is 54.1 Å². The Morgan fingerprint density at radius 3 is 2.72 bits per heavy atom. The van der Waals surface area contributed by atoms with E-state index < -0.39 is 5.60 Å². The molecule has 2 aromatic rings. The fourth-order valence-electron chi connectivity index (χ4n) is 4.69. The highest BCUT2D eigenvalue weighted by atomic mass is 16.3. The van der Waals surface area contributed by atoms with Crippen LogP contribution in [-0.2, 0) is 12.6 Å². The zero-order valence-electron chi connectivity index (χ0n) is 14.6. The largest absolute Gasteiger partial charge is 0.385 e. The number of amides is 1. The molecule has 1 aliphatic heterocycles. The molecule has 2 heterocycles. The molecule has 5 nitrogen and oxygen atoms in total. The standard InChI is InChI=1S/C20H25N3O2/c1-22-13-17(21-14-22)19(24)23-12-11-20(25,15-7-3-2-4-8-15)16-9-5-6-10-18(16)23/h2-4,7-8,13-14,16,18,25H,5-6,9-12H2,1H3/t16-,18+,20?/m1/s1. The molecule has 0 radical (unpaired) electrons. The molecular weight excluding hydrogens is 314 g/mol. The Labute approximate surface area is 148 Å². The third-order valence-electron chi connectivity index (χ3n) is 5.94. The van der Waals surface area contributed by atoms with E-state index in [1.807, 2.05) is 42.3 Å². The van der Waals surface area contributed by atoms with Crippen molar-refractivity contribution in [2.24, 2.45) is 13.0 Å². The summed E-state index contributed by atoms with van der Waals surface area (Å²) in [6, 6.07) is 10.1. The lowest BCUT2D eigenvalue weighted by Gasteiger charge is -2.52. The maximum absolute atomic E-state index is 13.0. The highest BCUT2D eigenvalue weighted by Crippen LogP contribution is 2.47. The zero-order valence-corrected chi connectivity index (χ0v) is 14.6. The Bertz CT molecular complexity index is 757. The maximum Gasteiger partial charge on any atom is 0.274 e. The van der Waals surface area contributed by atoms with Crippen LogP contribution in [0.15, 0.2) is 42.9 Å². The van der Waals surface area contributed by atoms with Crippen molar-refractivity contribution in [1.82, 2.24) is 14.5 Å². The smallest absolute Gasteiger partial charge is 0.274 e. The van der Waals surface area contributed by atoms with Gasteiger partial charge in [0.15, 0.2) is 0 Å². The van der Waals surface area contributed by atoms with Gasteiger partial charge in [-0.05, 0) is 24.8 Å². The third kappa shape index (κ3) is 2.76. The van der Waals surface area contributed by atoms with Crippen molar-refractivity contribution in [1.29, 1.82) is 0 Å². The molecule has 1 aromatic heterocycles. The molecule has 1 amide bonds. The Morgan fingerprint density at radius 1 is 1.24 bits per heavy atom. The van der Waals surface area contributed by atoms with Gasteiger partial charge in [-0.25, -0.2) is 4.98 Å². The van der Waals surface area contributed by atoms with E-state index in [1.165, 1.54) is 0 Å². The Hall–Kier alpha value is -2.14. The van der Waals surface area contributed by atoms with E-state index in [9.17, 15) is 9.90 Å². The van der Waals surface area contributed by atoms with Gasteiger partial charge in [0.05, 0.1) is 11.9 Å². The normalized spacial score (nSPS) is 29.3. The van der Waals surface area contributed by atoms with Crippen LogP contribution in [0, 0.1) is 5.92 Å². The first-order valence-electron chi connectivity index (χ1n) is 9.16. The number of benzene rings is 1. The van der Waals surface area contributed by atoms with E-state index in [4.69, 9.17) is 0 Å². The van der Waals surface area contributed by atoms with E-state index in [1.54, 1.807) is 17.1 Å². The molecule has 2 fully saturated rings. The lowest BCUT2D eigenvalue weighted by atomic mass is 9.66. The van der Waals surface area contributed by atoms with Gasteiger partial charge in [0.25, 0.3) is 5.91 Å². The monoisotopic (exact) mass is 339 g/mol. The molecule has 2 aliphatic rings. The van der Waals surface area contributed by atoms with E-state index in [-0.39, 0.29) is 17.9 Å². The van der Waals surface area contributed by atoms with E-state index in [0.29, 0.717) is 18.7 Å². The number of carbonyl (C=O) groups excluding carboxylic acids is 1. The third-order valence-corrected chi connectivity index (χ3v) is 5.94. The number of imidazole rings is 1. The number of nitrogens with zero attached hydrogens (tertiary/aromatic N) is 3. The van der Waals surface area contributed by atoms with Crippen LogP contribution in [0.3, 0.4) is 0 Å². The second-order valence-corrected chi connectivity index (χ2v) is 7.42. The summed E-state index contributed by atoms with van der Waals surface area (Å²) in [6.07, 6.45) is 8.16. The number of rotatable bonds is 2. The fraction of sp³-hybridized carbons (Fsp3) is 0.500. The number of likely N-dealkylation sites (tertiary alicyclic amines) is 1. The molecule has 0 spiro atoms. The summed E-state index contributed by atoms with van der Waals surface area (Å²) >= 11 is 0. The Morgan fingerprint density at radius 2 is 2.00 bits per heavy atom. The van der Waals surface area contributed by atoms with Gasteiger partial charge in [0, 0.05) is 31.7 Å². The molecule has 5 heteroatoms. The minimum absolute atomic E-state index is 0.00684. The molecule has 1 saturated carbocycles. The molecule has 1 unspecified atom stereocenters. The average Bonchev–Trinajstić information content (AvgIpc) is 3.09. The van der Waals surface area contributed by atoms with Crippen LogP contribution in [0.1, 0.15) is 48.2 Å². The Kier molecular flexibility index (Phi) is 4.12. The molecule has 25 heavy (non-hydrogen) atoms. The predicted molar refractivity (Wildman–Crippen MR) is 94.9 cm³/mol. The number of aliphatic hydroxyl groups is 1. The number of piperidine rings is 1. The zero-order chi connectivity index (χ0) is 17.4. The summed E-state index contributed by atoms with van der Waals surface area (Å²) in [7, 11) is 1.87. The molecule has 132 valence electrons. The lowest BCUT2D eigenvalue weighted by Crippen LogP contribution is -2.59. The van der Waals surface area contributed by atoms with Crippen molar-refractivity contribution in [2.45, 2.75) is 43.7 Å². The number of hydrogen-bond acceptors (Lipinski definition) is 3. The van der Waals surface area contributed by atoms with Gasteiger partial charge >= 0.3 is 0 Å². The van der Waals surface area contributed by atoms with Gasteiger partial charge in [-0.1, -0.05) is 43.2 Å². The van der Waals surface area contributed by atoms with Gasteiger partial charge in [-0.15, -0.1) is 0 Å². The molecule has 1 saturated heterocycles. The highest BCUT2D eigenvalue weighted by molar-refractivity contribution is 5.92. The first kappa shape index (κ1) is 16.3. The molecule has 1 aliphatic carbocycles. The number of hydrogen-bond donors (Lipinski definition) is 1. The van der Waals surface area contributed by atoms with Gasteiger partial charge < -0.3 is 14.6 Å². The average molecular weight is 339 g/mol. The summed E-state index contributed by atoms with van der Waals surface area (Å²) in [5.41, 5.74) is 0.640. The minimum Gasteiger partial charge on any atom is -0.385 e. The second kappa shape index (κ2) is 6.30. The van der Waals surface area contributed by atoms with Crippen molar-refractivity contribution >= 4 is 5.91 Å². The Balaban J connectivity index is 1.65. The fourth-order valence-corrected chi connectivity index (χ4v) is 4.69. The predicted octanol–water partition coefficient (Wildman–Crippen LogP) is 2.71. The molecule has 1 aromatic carbocycles.